The third-order valence-corrected chi connectivity index (χ3v) is 9.94. The number of nitrogens with one attached hydrogen (secondary N) is 1. The minimum atomic E-state index is -3.72. The molecule has 5 aromatic rings. The van der Waals surface area contributed by atoms with Crippen LogP contribution in [0.2, 0.25) is 0 Å². The SMILES string of the molecule is Cc1nnc(-c2c(CCc3ccc(F)cc3)nc3c(c2-c2ccc(C(=O)NCc4ccc(F)c(F)c4)s2)S(=O)(=O)CC3)o1. The molecule has 1 aliphatic rings. The number of carbonyl (C=O) groups excluding carboxylic acids is 1. The minimum absolute atomic E-state index is 0.0393. The smallest absolute Gasteiger partial charge is 0.261 e. The van der Waals surface area contributed by atoms with Crippen LogP contribution in [0.1, 0.15) is 38.1 Å². The van der Waals surface area contributed by atoms with Crippen molar-refractivity contribution in [3.05, 3.63) is 105 Å². The van der Waals surface area contributed by atoms with Gasteiger partial charge in [-0.15, -0.1) is 21.5 Å². The van der Waals surface area contributed by atoms with Gasteiger partial charge >= 0.3 is 0 Å². The lowest BCUT2D eigenvalue weighted by Gasteiger charge is -2.15. The summed E-state index contributed by atoms with van der Waals surface area (Å²) in [5.41, 5.74) is 2.90. The van der Waals surface area contributed by atoms with E-state index >= 15 is 0 Å². The Balaban J connectivity index is 1.41. The Kier molecular flexibility index (Phi) is 7.61. The lowest BCUT2D eigenvalue weighted by Crippen LogP contribution is -2.21. The molecular formula is C30H23F3N4O4S2. The molecule has 13 heteroatoms. The van der Waals surface area contributed by atoms with Crippen molar-refractivity contribution in [1.29, 1.82) is 0 Å². The van der Waals surface area contributed by atoms with E-state index < -0.39 is 27.4 Å². The van der Waals surface area contributed by atoms with Gasteiger partial charge in [-0.25, -0.2) is 21.6 Å². The third kappa shape index (κ3) is 5.82. The van der Waals surface area contributed by atoms with Gasteiger partial charge in [-0.3, -0.25) is 9.78 Å². The van der Waals surface area contributed by atoms with E-state index in [0.29, 0.717) is 45.8 Å². The third-order valence-electron chi connectivity index (χ3n) is 7.03. The maximum absolute atomic E-state index is 13.6. The number of fused-ring (bicyclic) bond motifs is 1. The fourth-order valence-corrected chi connectivity index (χ4v) is 7.72. The summed E-state index contributed by atoms with van der Waals surface area (Å²) < 4.78 is 72.8. The molecule has 1 amide bonds. The molecule has 0 saturated heterocycles. The van der Waals surface area contributed by atoms with Crippen LogP contribution in [0.15, 0.2) is 63.9 Å². The van der Waals surface area contributed by atoms with Crippen LogP contribution in [0.3, 0.4) is 0 Å². The molecule has 3 aromatic heterocycles. The molecule has 6 rings (SSSR count). The number of rotatable bonds is 8. The predicted octanol–water partition coefficient (Wildman–Crippen LogP) is 5.63. The summed E-state index contributed by atoms with van der Waals surface area (Å²) in [6.07, 6.45) is 1.08. The number of thiophene rings is 1. The minimum Gasteiger partial charge on any atom is -0.421 e. The number of pyridine rings is 1. The van der Waals surface area contributed by atoms with E-state index in [1.54, 1.807) is 31.2 Å². The topological polar surface area (TPSA) is 115 Å². The fraction of sp³-hybridized carbons (Fsp3) is 0.200. The number of nitrogens with zero attached hydrogens (tertiary/aromatic N) is 3. The Hall–Kier alpha value is -4.36. The number of hydrogen-bond donors (Lipinski definition) is 1. The van der Waals surface area contributed by atoms with E-state index in [1.807, 2.05) is 0 Å². The zero-order valence-corrected chi connectivity index (χ0v) is 24.3. The quantitative estimate of drug-likeness (QED) is 0.238. The van der Waals surface area contributed by atoms with Gasteiger partial charge in [0.15, 0.2) is 21.5 Å². The molecule has 1 N–H and O–H groups in total. The maximum atomic E-state index is 13.6. The Labute approximate surface area is 248 Å². The van der Waals surface area contributed by atoms with Crippen LogP contribution < -0.4 is 5.32 Å². The van der Waals surface area contributed by atoms with Crippen molar-refractivity contribution >= 4 is 27.1 Å². The molecule has 0 saturated carbocycles. The molecule has 0 bridgehead atoms. The van der Waals surface area contributed by atoms with Crippen LogP contribution in [0.25, 0.3) is 21.9 Å². The van der Waals surface area contributed by atoms with Gasteiger partial charge in [-0.2, -0.15) is 0 Å². The van der Waals surface area contributed by atoms with Crippen LogP contribution in [-0.4, -0.2) is 35.3 Å². The summed E-state index contributed by atoms with van der Waals surface area (Å²) in [5, 5.41) is 10.8. The van der Waals surface area contributed by atoms with Gasteiger partial charge in [-0.05, 0) is 60.4 Å². The standard InChI is InChI=1S/C30H23F3N4O4S2/c1-16-36-37-30(41-16)26-22(9-5-17-2-6-19(31)7-3-17)35-23-12-13-43(39,40)28(23)27(26)24-10-11-25(42-24)29(38)34-15-18-4-8-20(32)21(33)14-18/h2-4,6-8,10-11,14H,5,9,12-13,15H2,1H3,(H,34,38). The number of aromatic nitrogens is 3. The largest absolute Gasteiger partial charge is 0.421 e. The van der Waals surface area contributed by atoms with Crippen molar-refractivity contribution in [1.82, 2.24) is 20.5 Å². The highest BCUT2D eigenvalue weighted by molar-refractivity contribution is 7.91. The van der Waals surface area contributed by atoms with Crippen molar-refractivity contribution in [3.63, 3.8) is 0 Å². The van der Waals surface area contributed by atoms with Gasteiger partial charge in [0.2, 0.25) is 11.8 Å². The zero-order chi connectivity index (χ0) is 30.3. The van der Waals surface area contributed by atoms with Crippen LogP contribution in [0.4, 0.5) is 13.2 Å². The number of halogens is 3. The van der Waals surface area contributed by atoms with Gasteiger partial charge in [0.1, 0.15) is 5.82 Å². The van der Waals surface area contributed by atoms with E-state index in [4.69, 9.17) is 9.40 Å². The Bertz CT molecular complexity index is 1970. The van der Waals surface area contributed by atoms with Gasteiger partial charge in [-0.1, -0.05) is 18.2 Å². The van der Waals surface area contributed by atoms with E-state index in [0.717, 1.165) is 29.0 Å². The highest BCUT2D eigenvalue weighted by Gasteiger charge is 2.36. The molecule has 43 heavy (non-hydrogen) atoms. The number of benzene rings is 2. The first-order valence-electron chi connectivity index (χ1n) is 13.2. The summed E-state index contributed by atoms with van der Waals surface area (Å²) in [4.78, 5) is 18.6. The second-order valence-corrected chi connectivity index (χ2v) is 13.1. The summed E-state index contributed by atoms with van der Waals surface area (Å²) in [5.74, 6) is -2.57. The first-order chi connectivity index (χ1) is 20.6. The average molecular weight is 625 g/mol. The Morgan fingerprint density at radius 1 is 0.953 bits per heavy atom. The molecule has 0 fully saturated rings. The normalized spacial score (nSPS) is 13.7. The molecular weight excluding hydrogens is 601 g/mol. The van der Waals surface area contributed by atoms with Gasteiger partial charge in [0.25, 0.3) is 5.91 Å². The molecule has 0 unspecified atom stereocenters. The first kappa shape index (κ1) is 28.7. The number of aryl methyl sites for hydroxylation is 4. The zero-order valence-electron chi connectivity index (χ0n) is 22.7. The highest BCUT2D eigenvalue weighted by atomic mass is 32.2. The van der Waals surface area contributed by atoms with Gasteiger partial charge < -0.3 is 9.73 Å². The molecule has 0 atom stereocenters. The summed E-state index contributed by atoms with van der Waals surface area (Å²) in [6, 6.07) is 12.7. The predicted molar refractivity (Wildman–Crippen MR) is 153 cm³/mol. The van der Waals surface area contributed by atoms with Crippen molar-refractivity contribution in [2.45, 2.75) is 37.6 Å². The lowest BCUT2D eigenvalue weighted by atomic mass is 9.98. The molecule has 220 valence electrons. The first-order valence-corrected chi connectivity index (χ1v) is 15.7. The molecule has 2 aromatic carbocycles. The van der Waals surface area contributed by atoms with Crippen LogP contribution in [-0.2, 0) is 35.6 Å². The number of hydrogen-bond acceptors (Lipinski definition) is 8. The molecule has 0 radical (unpaired) electrons. The van der Waals surface area contributed by atoms with Crippen molar-refractivity contribution < 1.29 is 30.8 Å². The van der Waals surface area contributed by atoms with E-state index in [9.17, 15) is 26.4 Å². The van der Waals surface area contributed by atoms with Gasteiger partial charge in [0, 0.05) is 30.3 Å². The molecule has 1 aliphatic heterocycles. The van der Waals surface area contributed by atoms with E-state index in [2.05, 4.69) is 15.5 Å². The average Bonchev–Trinajstić information content (AvgIpc) is 3.71. The van der Waals surface area contributed by atoms with Crippen molar-refractivity contribution in [2.24, 2.45) is 0 Å². The van der Waals surface area contributed by atoms with Crippen LogP contribution in [0.5, 0.6) is 0 Å². The monoisotopic (exact) mass is 624 g/mol. The highest BCUT2D eigenvalue weighted by Crippen LogP contribution is 2.45. The second kappa shape index (κ2) is 11.4. The Morgan fingerprint density at radius 3 is 2.44 bits per heavy atom. The Morgan fingerprint density at radius 2 is 1.72 bits per heavy atom. The van der Waals surface area contributed by atoms with E-state index in [1.165, 1.54) is 18.2 Å². The summed E-state index contributed by atoms with van der Waals surface area (Å²) >= 11 is 1.07. The van der Waals surface area contributed by atoms with Crippen molar-refractivity contribution in [3.8, 4) is 21.9 Å². The van der Waals surface area contributed by atoms with Crippen LogP contribution >= 0.6 is 11.3 Å². The summed E-state index contributed by atoms with van der Waals surface area (Å²) in [6.45, 7) is 1.58. The maximum Gasteiger partial charge on any atom is 0.261 e. The fourth-order valence-electron chi connectivity index (χ4n) is 4.98. The second-order valence-electron chi connectivity index (χ2n) is 10.0. The lowest BCUT2D eigenvalue weighted by molar-refractivity contribution is 0.0955. The molecule has 0 spiro atoms. The molecule has 8 nitrogen and oxygen atoms in total. The number of carbonyl (C=O) groups is 1. The van der Waals surface area contributed by atoms with Crippen LogP contribution in [0, 0.1) is 24.4 Å². The number of amides is 1. The van der Waals surface area contributed by atoms with E-state index in [-0.39, 0.29) is 46.1 Å². The summed E-state index contributed by atoms with van der Waals surface area (Å²) in [7, 11) is -3.72. The van der Waals surface area contributed by atoms with Crippen molar-refractivity contribution in [2.75, 3.05) is 5.75 Å². The van der Waals surface area contributed by atoms with Gasteiger partial charge in [0.05, 0.1) is 32.5 Å². The number of sulfone groups is 1. The molecule has 4 heterocycles. The molecule has 0 aliphatic carbocycles.